The Hall–Kier alpha value is -2.25. The fraction of sp³-hybridized carbons (Fsp3) is 0.381. The van der Waals surface area contributed by atoms with Crippen molar-refractivity contribution in [3.05, 3.63) is 52.5 Å². The van der Waals surface area contributed by atoms with Crippen molar-refractivity contribution in [2.45, 2.75) is 19.6 Å². The molecule has 0 unspecified atom stereocenters. The summed E-state index contributed by atoms with van der Waals surface area (Å²) in [5, 5.41) is 0. The molecule has 0 aliphatic carbocycles. The number of hydrogen-bond acceptors (Lipinski definition) is 5. The van der Waals surface area contributed by atoms with E-state index < -0.39 is 6.10 Å². The van der Waals surface area contributed by atoms with Crippen LogP contribution in [0.25, 0.3) is 0 Å². The zero-order valence-corrected chi connectivity index (χ0v) is 17.4. The molecule has 1 saturated heterocycles. The van der Waals surface area contributed by atoms with Gasteiger partial charge in [-0.1, -0.05) is 22.0 Å². The van der Waals surface area contributed by atoms with Gasteiger partial charge in [0.2, 0.25) is 6.79 Å². The zero-order valence-electron chi connectivity index (χ0n) is 15.8. The third-order valence-corrected chi connectivity index (χ3v) is 5.53. The van der Waals surface area contributed by atoms with E-state index in [2.05, 4.69) is 26.9 Å². The van der Waals surface area contributed by atoms with Crippen LogP contribution in [0.3, 0.4) is 0 Å². The summed E-state index contributed by atoms with van der Waals surface area (Å²) in [6, 6.07) is 13.6. The molecule has 0 saturated carbocycles. The standard InChI is InChI=1S/C21H23BrN2O4/c1-15(28-18-5-3-17(22)4-6-18)21(25)24-10-8-23(9-11-24)13-16-2-7-19-20(12-16)27-14-26-19/h2-7,12,15H,8-11,13-14H2,1H3/t15-/m0/s1. The Morgan fingerprint density at radius 2 is 1.79 bits per heavy atom. The summed E-state index contributed by atoms with van der Waals surface area (Å²) in [4.78, 5) is 16.9. The van der Waals surface area contributed by atoms with Crippen LogP contribution in [0, 0.1) is 0 Å². The maximum absolute atomic E-state index is 12.7. The number of piperazine rings is 1. The number of halogens is 1. The van der Waals surface area contributed by atoms with Crippen molar-refractivity contribution in [3.8, 4) is 17.2 Å². The minimum atomic E-state index is -0.499. The first-order valence-electron chi connectivity index (χ1n) is 9.40. The van der Waals surface area contributed by atoms with E-state index in [0.717, 1.165) is 35.6 Å². The molecule has 2 aliphatic heterocycles. The van der Waals surface area contributed by atoms with Crippen LogP contribution < -0.4 is 14.2 Å². The molecule has 7 heteroatoms. The molecular weight excluding hydrogens is 424 g/mol. The maximum Gasteiger partial charge on any atom is 0.263 e. The molecule has 0 spiro atoms. The third-order valence-electron chi connectivity index (χ3n) is 5.00. The van der Waals surface area contributed by atoms with E-state index in [9.17, 15) is 4.79 Å². The number of fused-ring (bicyclic) bond motifs is 1. The van der Waals surface area contributed by atoms with E-state index in [0.29, 0.717) is 25.6 Å². The number of ether oxygens (including phenoxy) is 3. The van der Waals surface area contributed by atoms with Crippen LogP contribution in [0.15, 0.2) is 46.9 Å². The average Bonchev–Trinajstić information content (AvgIpc) is 3.17. The van der Waals surface area contributed by atoms with Crippen molar-refractivity contribution < 1.29 is 19.0 Å². The quantitative estimate of drug-likeness (QED) is 0.705. The molecule has 0 N–H and O–H groups in total. The highest BCUT2D eigenvalue weighted by atomic mass is 79.9. The Balaban J connectivity index is 1.27. The van der Waals surface area contributed by atoms with E-state index in [1.165, 1.54) is 5.56 Å². The van der Waals surface area contributed by atoms with Crippen LogP contribution in [0.5, 0.6) is 17.2 Å². The Bertz CT molecular complexity index is 835. The van der Waals surface area contributed by atoms with Crippen LogP contribution >= 0.6 is 15.9 Å². The smallest absolute Gasteiger partial charge is 0.263 e. The van der Waals surface area contributed by atoms with Crippen LogP contribution in [0.1, 0.15) is 12.5 Å². The summed E-state index contributed by atoms with van der Waals surface area (Å²) in [5.41, 5.74) is 1.19. The van der Waals surface area contributed by atoms with Crippen molar-refractivity contribution in [1.29, 1.82) is 0 Å². The Morgan fingerprint density at radius 3 is 2.54 bits per heavy atom. The van der Waals surface area contributed by atoms with Gasteiger partial charge in [-0.3, -0.25) is 9.69 Å². The highest BCUT2D eigenvalue weighted by Gasteiger charge is 2.26. The summed E-state index contributed by atoms with van der Waals surface area (Å²) in [6.45, 7) is 6.03. The second-order valence-electron chi connectivity index (χ2n) is 7.00. The van der Waals surface area contributed by atoms with E-state index in [1.807, 2.05) is 48.2 Å². The highest BCUT2D eigenvalue weighted by Crippen LogP contribution is 2.32. The number of benzene rings is 2. The van der Waals surface area contributed by atoms with Crippen molar-refractivity contribution >= 4 is 21.8 Å². The monoisotopic (exact) mass is 446 g/mol. The molecule has 1 atom stereocenters. The second-order valence-corrected chi connectivity index (χ2v) is 7.92. The first-order chi connectivity index (χ1) is 13.6. The van der Waals surface area contributed by atoms with Gasteiger partial charge in [-0.15, -0.1) is 0 Å². The maximum atomic E-state index is 12.7. The second kappa shape index (κ2) is 8.41. The Labute approximate surface area is 173 Å². The van der Waals surface area contributed by atoms with Crippen LogP contribution in [0.2, 0.25) is 0 Å². The molecule has 0 bridgehead atoms. The summed E-state index contributed by atoms with van der Waals surface area (Å²) in [7, 11) is 0. The van der Waals surface area contributed by atoms with Gasteiger partial charge in [0.25, 0.3) is 5.91 Å². The molecule has 2 aliphatic rings. The highest BCUT2D eigenvalue weighted by molar-refractivity contribution is 9.10. The first kappa shape index (κ1) is 19.1. The molecule has 6 nitrogen and oxygen atoms in total. The molecule has 2 heterocycles. The molecule has 2 aromatic rings. The molecular formula is C21H23BrN2O4. The lowest BCUT2D eigenvalue weighted by Crippen LogP contribution is -2.51. The third kappa shape index (κ3) is 4.42. The van der Waals surface area contributed by atoms with Gasteiger partial charge in [-0.05, 0) is 48.9 Å². The number of carbonyl (C=O) groups is 1. The summed E-state index contributed by atoms with van der Waals surface area (Å²) < 4.78 is 17.6. The predicted octanol–water partition coefficient (Wildman–Crippen LogP) is 3.29. The SMILES string of the molecule is C[C@H](Oc1ccc(Br)cc1)C(=O)N1CCN(Cc2ccc3c(c2)OCO3)CC1. The van der Waals surface area contributed by atoms with Crippen LogP contribution in [-0.4, -0.2) is 54.8 Å². The van der Waals surface area contributed by atoms with Gasteiger partial charge < -0.3 is 19.1 Å². The van der Waals surface area contributed by atoms with Gasteiger partial charge in [0.05, 0.1) is 0 Å². The van der Waals surface area contributed by atoms with Crippen molar-refractivity contribution in [3.63, 3.8) is 0 Å². The predicted molar refractivity (Wildman–Crippen MR) is 109 cm³/mol. The molecule has 2 aromatic carbocycles. The van der Waals surface area contributed by atoms with E-state index >= 15 is 0 Å². The fourth-order valence-electron chi connectivity index (χ4n) is 3.45. The molecule has 0 radical (unpaired) electrons. The Morgan fingerprint density at radius 1 is 1.07 bits per heavy atom. The van der Waals surface area contributed by atoms with Crippen molar-refractivity contribution in [2.75, 3.05) is 33.0 Å². The summed E-state index contributed by atoms with van der Waals surface area (Å²) in [5.74, 6) is 2.35. The number of amides is 1. The van der Waals surface area contributed by atoms with Gasteiger partial charge in [-0.2, -0.15) is 0 Å². The van der Waals surface area contributed by atoms with Gasteiger partial charge in [0.1, 0.15) is 5.75 Å². The minimum absolute atomic E-state index is 0.0330. The first-order valence-corrected chi connectivity index (χ1v) is 10.2. The van der Waals surface area contributed by atoms with Gasteiger partial charge >= 0.3 is 0 Å². The molecule has 0 aromatic heterocycles. The molecule has 148 valence electrons. The molecule has 4 rings (SSSR count). The molecule has 1 fully saturated rings. The van der Waals surface area contributed by atoms with E-state index in [-0.39, 0.29) is 5.91 Å². The lowest BCUT2D eigenvalue weighted by molar-refractivity contribution is -0.139. The lowest BCUT2D eigenvalue weighted by Gasteiger charge is -2.35. The zero-order chi connectivity index (χ0) is 19.5. The van der Waals surface area contributed by atoms with Gasteiger partial charge in [-0.25, -0.2) is 0 Å². The molecule has 1 amide bonds. The molecule has 28 heavy (non-hydrogen) atoms. The fourth-order valence-corrected chi connectivity index (χ4v) is 3.71. The van der Waals surface area contributed by atoms with E-state index in [4.69, 9.17) is 14.2 Å². The van der Waals surface area contributed by atoms with Gasteiger partial charge in [0.15, 0.2) is 17.6 Å². The number of carbonyl (C=O) groups excluding carboxylic acids is 1. The summed E-state index contributed by atoms with van der Waals surface area (Å²) >= 11 is 3.40. The number of hydrogen-bond donors (Lipinski definition) is 0. The van der Waals surface area contributed by atoms with Crippen molar-refractivity contribution in [1.82, 2.24) is 9.80 Å². The largest absolute Gasteiger partial charge is 0.481 e. The minimum Gasteiger partial charge on any atom is -0.481 e. The summed E-state index contributed by atoms with van der Waals surface area (Å²) in [6.07, 6.45) is -0.499. The Kier molecular flexibility index (Phi) is 5.73. The van der Waals surface area contributed by atoms with Crippen LogP contribution in [0.4, 0.5) is 0 Å². The van der Waals surface area contributed by atoms with Crippen molar-refractivity contribution in [2.24, 2.45) is 0 Å². The average molecular weight is 447 g/mol. The lowest BCUT2D eigenvalue weighted by atomic mass is 10.1. The van der Waals surface area contributed by atoms with Crippen LogP contribution in [-0.2, 0) is 11.3 Å². The normalized spacial score (nSPS) is 17.4. The number of nitrogens with zero attached hydrogens (tertiary/aromatic N) is 2. The topological polar surface area (TPSA) is 51.2 Å². The van der Waals surface area contributed by atoms with E-state index in [1.54, 1.807) is 0 Å². The van der Waals surface area contributed by atoms with Gasteiger partial charge in [0, 0.05) is 37.2 Å². The number of rotatable bonds is 5.